The molecule has 0 N–H and O–H groups in total. The molecule has 4 nitrogen and oxygen atoms in total. The second kappa shape index (κ2) is 7.61. The van der Waals surface area contributed by atoms with E-state index in [0.29, 0.717) is 12.4 Å². The summed E-state index contributed by atoms with van der Waals surface area (Å²) in [4.78, 5) is 11.8. The van der Waals surface area contributed by atoms with Gasteiger partial charge in [-0.15, -0.1) is 0 Å². The molecule has 1 aromatic heterocycles. The minimum Gasteiger partial charge on any atom is -0.543 e. The van der Waals surface area contributed by atoms with Crippen molar-refractivity contribution in [1.29, 1.82) is 0 Å². The largest absolute Gasteiger partial charge is 0.543 e. The fourth-order valence-corrected chi connectivity index (χ4v) is 3.54. The van der Waals surface area contributed by atoms with Gasteiger partial charge in [0.2, 0.25) is 0 Å². The summed E-state index contributed by atoms with van der Waals surface area (Å²) >= 11 is 0. The van der Waals surface area contributed by atoms with Gasteiger partial charge in [0.25, 0.3) is 0 Å². The minimum absolute atomic E-state index is 0.141. The third-order valence-electron chi connectivity index (χ3n) is 4.96. The van der Waals surface area contributed by atoms with Crippen LogP contribution in [0, 0.1) is 0 Å². The molecule has 4 aromatic rings. The molecule has 0 aliphatic rings. The fourth-order valence-electron chi connectivity index (χ4n) is 3.54. The number of aromatic nitrogens is 1. The van der Waals surface area contributed by atoms with Crippen LogP contribution < -0.4 is 9.84 Å². The third kappa shape index (κ3) is 3.37. The third-order valence-corrected chi connectivity index (χ3v) is 4.96. The van der Waals surface area contributed by atoms with Crippen LogP contribution in [0.2, 0.25) is 0 Å². The number of carbonyl (C=O) groups is 1. The summed E-state index contributed by atoms with van der Waals surface area (Å²) in [5.41, 5.74) is 3.03. The maximum absolute atomic E-state index is 11.8. The van der Waals surface area contributed by atoms with Gasteiger partial charge in [-0.25, -0.2) is 0 Å². The number of fused-ring (bicyclic) bond motifs is 1. The average molecular weight is 370 g/mol. The molecule has 0 bridgehead atoms. The van der Waals surface area contributed by atoms with E-state index in [1.54, 1.807) is 10.6 Å². The van der Waals surface area contributed by atoms with Crippen LogP contribution in [0.4, 0.5) is 0 Å². The molecule has 0 saturated heterocycles. The van der Waals surface area contributed by atoms with Crippen molar-refractivity contribution in [2.24, 2.45) is 0 Å². The van der Waals surface area contributed by atoms with Crippen molar-refractivity contribution in [3.05, 3.63) is 102 Å². The Hall–Kier alpha value is -3.53. The van der Waals surface area contributed by atoms with E-state index in [9.17, 15) is 9.90 Å². The Kier molecular flexibility index (Phi) is 4.85. The molecule has 140 valence electrons. The van der Waals surface area contributed by atoms with Gasteiger partial charge in [-0.2, -0.15) is 0 Å². The van der Waals surface area contributed by atoms with Crippen LogP contribution >= 0.6 is 0 Å². The first-order valence-corrected chi connectivity index (χ1v) is 9.22. The maximum Gasteiger partial charge on any atom is 0.129 e. The summed E-state index contributed by atoms with van der Waals surface area (Å²) in [5.74, 6) is -0.546. The van der Waals surface area contributed by atoms with Gasteiger partial charge in [0.15, 0.2) is 0 Å². The predicted octanol–water partition coefficient (Wildman–Crippen LogP) is 4.19. The lowest BCUT2D eigenvalue weighted by atomic mass is 10.1. The maximum atomic E-state index is 11.8. The van der Waals surface area contributed by atoms with E-state index in [1.165, 1.54) is 0 Å². The van der Waals surface area contributed by atoms with Crippen molar-refractivity contribution in [2.75, 3.05) is 0 Å². The molecule has 0 fully saturated rings. The molecule has 0 radical (unpaired) electrons. The lowest BCUT2D eigenvalue weighted by Gasteiger charge is -2.20. The van der Waals surface area contributed by atoms with Gasteiger partial charge >= 0.3 is 0 Å². The molecule has 0 spiro atoms. The first-order valence-electron chi connectivity index (χ1n) is 9.22. The van der Waals surface area contributed by atoms with Crippen molar-refractivity contribution < 1.29 is 14.6 Å². The minimum atomic E-state index is -1.20. The molecule has 4 heteroatoms. The number of carboxylic acid groups (broad SMARTS) is 1. The van der Waals surface area contributed by atoms with Gasteiger partial charge in [0.1, 0.15) is 12.4 Å². The van der Waals surface area contributed by atoms with Crippen LogP contribution in [0.5, 0.6) is 5.75 Å². The average Bonchev–Trinajstić information content (AvgIpc) is 3.13. The van der Waals surface area contributed by atoms with E-state index in [0.717, 1.165) is 22.0 Å². The molecular formula is C24H20NO3-. The molecule has 1 heterocycles. The van der Waals surface area contributed by atoms with Crippen molar-refractivity contribution in [3.63, 3.8) is 0 Å². The SMILES string of the molecule is C[C@H](c1ccccc1)n1c(C(=O)[O-])cc2c(OCc3ccccc3)cccc21. The summed E-state index contributed by atoms with van der Waals surface area (Å²) < 4.78 is 7.81. The highest BCUT2D eigenvalue weighted by Gasteiger charge is 2.18. The predicted molar refractivity (Wildman–Crippen MR) is 107 cm³/mol. The smallest absolute Gasteiger partial charge is 0.129 e. The lowest BCUT2D eigenvalue weighted by molar-refractivity contribution is -0.255. The quantitative estimate of drug-likeness (QED) is 0.511. The molecule has 0 aliphatic heterocycles. The monoisotopic (exact) mass is 370 g/mol. The summed E-state index contributed by atoms with van der Waals surface area (Å²) in [6, 6.07) is 26.9. The van der Waals surface area contributed by atoms with Crippen molar-refractivity contribution in [2.45, 2.75) is 19.6 Å². The standard InChI is InChI=1S/C24H21NO3/c1-17(19-11-6-3-7-12-19)25-21-13-8-14-23(20(21)15-22(25)24(26)27)28-16-18-9-4-2-5-10-18/h2-15,17H,16H2,1H3,(H,26,27)/p-1/t17-/m1/s1. The number of aromatic carboxylic acids is 1. The Balaban J connectivity index is 1.77. The summed E-state index contributed by atoms with van der Waals surface area (Å²) in [5, 5.41) is 12.6. The molecular weight excluding hydrogens is 350 g/mol. The second-order valence-corrected chi connectivity index (χ2v) is 6.74. The Labute approximate surface area is 163 Å². The van der Waals surface area contributed by atoms with Gasteiger partial charge < -0.3 is 19.2 Å². The molecule has 3 aromatic carbocycles. The molecule has 0 aliphatic carbocycles. The van der Waals surface area contributed by atoms with Crippen LogP contribution in [0.25, 0.3) is 10.9 Å². The van der Waals surface area contributed by atoms with E-state index in [1.807, 2.05) is 85.8 Å². The van der Waals surface area contributed by atoms with E-state index in [2.05, 4.69) is 0 Å². The molecule has 0 saturated carbocycles. The number of rotatable bonds is 6. The van der Waals surface area contributed by atoms with Crippen molar-refractivity contribution >= 4 is 16.9 Å². The van der Waals surface area contributed by atoms with E-state index < -0.39 is 5.97 Å². The Morgan fingerprint density at radius 2 is 1.64 bits per heavy atom. The summed E-state index contributed by atoms with van der Waals surface area (Å²) in [6.07, 6.45) is 0. The van der Waals surface area contributed by atoms with E-state index in [4.69, 9.17) is 4.74 Å². The number of hydrogen-bond acceptors (Lipinski definition) is 3. The number of carboxylic acids is 1. The van der Waals surface area contributed by atoms with Gasteiger partial charge in [-0.05, 0) is 36.2 Å². The van der Waals surface area contributed by atoms with Crippen molar-refractivity contribution in [3.8, 4) is 5.75 Å². The molecule has 1 atom stereocenters. The van der Waals surface area contributed by atoms with Crippen molar-refractivity contribution in [1.82, 2.24) is 4.57 Å². The van der Waals surface area contributed by atoms with Gasteiger partial charge in [-0.1, -0.05) is 66.7 Å². The fraction of sp³-hybridized carbons (Fsp3) is 0.125. The highest BCUT2D eigenvalue weighted by molar-refractivity contribution is 5.96. The van der Waals surface area contributed by atoms with E-state index in [-0.39, 0.29) is 11.7 Å². The zero-order valence-corrected chi connectivity index (χ0v) is 15.5. The second-order valence-electron chi connectivity index (χ2n) is 6.74. The molecule has 0 amide bonds. The number of benzene rings is 3. The zero-order valence-electron chi connectivity index (χ0n) is 15.5. The first kappa shape index (κ1) is 17.9. The summed E-state index contributed by atoms with van der Waals surface area (Å²) in [6.45, 7) is 2.40. The number of ether oxygens (including phenoxy) is 1. The van der Waals surface area contributed by atoms with E-state index >= 15 is 0 Å². The van der Waals surface area contributed by atoms with Crippen LogP contribution in [-0.2, 0) is 6.61 Å². The van der Waals surface area contributed by atoms with Gasteiger partial charge in [0, 0.05) is 5.39 Å². The summed E-state index contributed by atoms with van der Waals surface area (Å²) in [7, 11) is 0. The normalized spacial score (nSPS) is 12.0. The number of nitrogens with zero attached hydrogens (tertiary/aromatic N) is 1. The molecule has 0 unspecified atom stereocenters. The highest BCUT2D eigenvalue weighted by atomic mass is 16.5. The number of hydrogen-bond donors (Lipinski definition) is 0. The van der Waals surface area contributed by atoms with Crippen LogP contribution in [0.15, 0.2) is 84.9 Å². The van der Waals surface area contributed by atoms with Crippen LogP contribution in [-0.4, -0.2) is 10.5 Å². The Morgan fingerprint density at radius 3 is 2.32 bits per heavy atom. The van der Waals surface area contributed by atoms with Gasteiger partial charge in [0.05, 0.1) is 23.2 Å². The topological polar surface area (TPSA) is 54.3 Å². The van der Waals surface area contributed by atoms with Gasteiger partial charge in [-0.3, -0.25) is 0 Å². The first-order chi connectivity index (χ1) is 13.6. The van der Waals surface area contributed by atoms with Crippen LogP contribution in [0.3, 0.4) is 0 Å². The zero-order chi connectivity index (χ0) is 19.5. The highest BCUT2D eigenvalue weighted by Crippen LogP contribution is 2.33. The Morgan fingerprint density at radius 1 is 0.964 bits per heavy atom. The lowest BCUT2D eigenvalue weighted by Crippen LogP contribution is -2.26. The van der Waals surface area contributed by atoms with Crippen LogP contribution in [0.1, 0.15) is 34.6 Å². The molecule has 4 rings (SSSR count). The Bertz CT molecular complexity index is 1100. The number of carbonyl (C=O) groups excluding carboxylic acids is 1. The molecule has 28 heavy (non-hydrogen) atoms.